The number of carbonyl (C=O) groups is 1. The van der Waals surface area contributed by atoms with E-state index in [4.69, 9.17) is 4.74 Å². The molecule has 7 heteroatoms. The number of ether oxygens (including phenoxy) is 1. The summed E-state index contributed by atoms with van der Waals surface area (Å²) in [5, 5.41) is 20.2. The van der Waals surface area contributed by atoms with Gasteiger partial charge >= 0.3 is 0 Å². The van der Waals surface area contributed by atoms with Crippen molar-refractivity contribution in [2.45, 2.75) is 125 Å². The highest BCUT2D eigenvalue weighted by Crippen LogP contribution is 2.63. The van der Waals surface area contributed by atoms with Gasteiger partial charge in [0.25, 0.3) is 0 Å². The Morgan fingerprint density at radius 2 is 1.57 bits per heavy atom. The van der Waals surface area contributed by atoms with E-state index < -0.39 is 11.0 Å². The van der Waals surface area contributed by atoms with E-state index >= 15 is 0 Å². The van der Waals surface area contributed by atoms with E-state index in [0.717, 1.165) is 62.5 Å². The average Bonchev–Trinajstić information content (AvgIpc) is 3.57. The fourth-order valence-corrected chi connectivity index (χ4v) is 9.08. The number of carbonyl (C=O) groups excluding carboxylic acids is 1. The van der Waals surface area contributed by atoms with Crippen molar-refractivity contribution < 1.29 is 19.0 Å². The van der Waals surface area contributed by atoms with Crippen molar-refractivity contribution in [1.82, 2.24) is 15.0 Å². The number of hydrogen-bond donors (Lipinski definition) is 1. The topological polar surface area (TPSA) is 77.2 Å². The number of fused-ring (bicyclic) bond motifs is 1. The Bertz CT molecular complexity index is 1840. The molecule has 1 N–H and O–H groups in total. The first-order valence-electron chi connectivity index (χ1n) is 19.4. The molecule has 2 aromatic carbocycles. The molecule has 0 aliphatic heterocycles. The van der Waals surface area contributed by atoms with E-state index in [1.807, 2.05) is 37.3 Å². The average molecular weight is 722 g/mol. The number of ketones is 1. The van der Waals surface area contributed by atoms with Gasteiger partial charge in [-0.25, -0.2) is 9.07 Å². The quantitative estimate of drug-likeness (QED) is 0.132. The van der Waals surface area contributed by atoms with E-state index in [-0.39, 0.29) is 35.5 Å². The van der Waals surface area contributed by atoms with E-state index in [9.17, 15) is 14.3 Å². The predicted molar refractivity (Wildman–Crippen MR) is 213 cm³/mol. The monoisotopic (exact) mass is 721 g/mol. The van der Waals surface area contributed by atoms with Gasteiger partial charge in [0.1, 0.15) is 23.9 Å². The van der Waals surface area contributed by atoms with Gasteiger partial charge in [-0.3, -0.25) is 4.79 Å². The molecular formula is C46H60FN3O3. The van der Waals surface area contributed by atoms with Gasteiger partial charge in [0.05, 0.1) is 17.5 Å². The minimum Gasteiger partial charge on any atom is -0.487 e. The molecule has 2 aliphatic carbocycles. The number of rotatable bonds is 14. The molecule has 0 spiro atoms. The molecule has 1 heterocycles. The van der Waals surface area contributed by atoms with Gasteiger partial charge < -0.3 is 9.84 Å². The molecule has 0 unspecified atom stereocenters. The Balaban J connectivity index is 1.24. The summed E-state index contributed by atoms with van der Waals surface area (Å²) in [6.45, 7) is 17.6. The molecule has 0 bridgehead atoms. The number of nitrogens with zero attached hydrogens (tertiary/aromatic N) is 3. The zero-order valence-corrected chi connectivity index (χ0v) is 33.2. The smallest absolute Gasteiger partial charge is 0.164 e. The minimum atomic E-state index is -0.789. The van der Waals surface area contributed by atoms with Gasteiger partial charge in [-0.1, -0.05) is 73.1 Å². The van der Waals surface area contributed by atoms with Crippen LogP contribution in [0.3, 0.4) is 0 Å². The Kier molecular flexibility index (Phi) is 12.8. The highest BCUT2D eigenvalue weighted by Gasteiger charge is 2.61. The maximum Gasteiger partial charge on any atom is 0.164 e. The Morgan fingerprint density at radius 3 is 2.23 bits per heavy atom. The maximum atomic E-state index is 14.1. The van der Waals surface area contributed by atoms with Gasteiger partial charge in [0, 0.05) is 5.41 Å². The standard InChI is InChI=1S/C46H60FN3O3/c1-32(2)12-9-13-33(3)14-10-15-34(4)16-11-17-42-45(7)29-36(43(51)44(5,6)41(45)26-27-46(42,8)52)28-35-18-24-40(25-19-35)53-31-38-30-50(49-48-38)39-22-20-37(47)21-23-39/h12,14,16,18-25,28,30,41-42,52H,9-11,13,15,17,26-27,29,31H2,1-8H3/b33-14+,34-16+,36-28+/t41-,42+,45-,46+/m0/s1. The second-order valence-electron chi connectivity index (χ2n) is 16.9. The first-order chi connectivity index (χ1) is 25.1. The summed E-state index contributed by atoms with van der Waals surface area (Å²) in [6.07, 6.45) is 19.3. The van der Waals surface area contributed by atoms with Crippen molar-refractivity contribution in [1.29, 1.82) is 0 Å². The van der Waals surface area contributed by atoms with Crippen molar-refractivity contribution in [3.8, 4) is 11.4 Å². The molecule has 2 aliphatic rings. The fourth-order valence-electron chi connectivity index (χ4n) is 9.08. The van der Waals surface area contributed by atoms with E-state index in [0.29, 0.717) is 23.6 Å². The van der Waals surface area contributed by atoms with Gasteiger partial charge in [-0.15, -0.1) is 5.10 Å². The van der Waals surface area contributed by atoms with Crippen LogP contribution in [-0.4, -0.2) is 31.5 Å². The SMILES string of the molecule is CC(C)=CCC/C(C)=C/CC/C(C)=C/CC[C@@H]1[C@@]2(C)C/C(=C\c3ccc(OCc4cn(-c5ccc(F)cc5)nn4)cc3)C(=O)C(C)(C)[C@@H]2CC[C@@]1(C)O. The van der Waals surface area contributed by atoms with Gasteiger partial charge in [-0.05, 0) is 163 Å². The van der Waals surface area contributed by atoms with Gasteiger partial charge in [0.15, 0.2) is 5.78 Å². The molecule has 4 atom stereocenters. The molecule has 0 radical (unpaired) electrons. The lowest BCUT2D eigenvalue weighted by atomic mass is 9.44. The second-order valence-corrected chi connectivity index (χ2v) is 16.9. The summed E-state index contributed by atoms with van der Waals surface area (Å²) in [4.78, 5) is 14.1. The molecule has 2 saturated carbocycles. The summed E-state index contributed by atoms with van der Waals surface area (Å²) in [6, 6.07) is 13.8. The van der Waals surface area contributed by atoms with Crippen LogP contribution in [0.15, 0.2) is 95.2 Å². The zero-order chi connectivity index (χ0) is 38.4. The zero-order valence-electron chi connectivity index (χ0n) is 33.2. The number of Topliss-reactive ketones (excluding diaryl/α,β-unsaturated/α-hetero) is 1. The Hall–Kier alpha value is -4.10. The third-order valence-corrected chi connectivity index (χ3v) is 11.9. The summed E-state index contributed by atoms with van der Waals surface area (Å²) < 4.78 is 20.9. The van der Waals surface area contributed by atoms with Crippen LogP contribution in [0.1, 0.15) is 124 Å². The minimum absolute atomic E-state index is 0.0718. The van der Waals surface area contributed by atoms with Crippen molar-refractivity contribution in [3.63, 3.8) is 0 Å². The number of halogens is 1. The lowest BCUT2D eigenvalue weighted by Crippen LogP contribution is -2.60. The highest BCUT2D eigenvalue weighted by atomic mass is 19.1. The fraction of sp³-hybridized carbons (Fsp3) is 0.500. The van der Waals surface area contributed by atoms with Gasteiger partial charge in [0.2, 0.25) is 0 Å². The van der Waals surface area contributed by atoms with Crippen LogP contribution in [0, 0.1) is 28.5 Å². The molecule has 0 amide bonds. The molecule has 0 saturated heterocycles. The molecule has 2 fully saturated rings. The largest absolute Gasteiger partial charge is 0.487 e. The lowest BCUT2D eigenvalue weighted by Gasteiger charge is -2.61. The second kappa shape index (κ2) is 16.9. The number of allylic oxidation sites excluding steroid dienone is 7. The van der Waals surface area contributed by atoms with Crippen LogP contribution in [-0.2, 0) is 11.4 Å². The van der Waals surface area contributed by atoms with Crippen LogP contribution in [0.4, 0.5) is 4.39 Å². The van der Waals surface area contributed by atoms with Gasteiger partial charge in [-0.2, -0.15) is 0 Å². The normalized spacial score (nSPS) is 25.3. The van der Waals surface area contributed by atoms with Crippen LogP contribution >= 0.6 is 0 Å². The van der Waals surface area contributed by atoms with Crippen LogP contribution in [0.25, 0.3) is 11.8 Å². The molecule has 3 aromatic rings. The summed E-state index contributed by atoms with van der Waals surface area (Å²) >= 11 is 0. The maximum absolute atomic E-state index is 14.1. The number of hydrogen-bond acceptors (Lipinski definition) is 5. The molecule has 284 valence electrons. The van der Waals surface area contributed by atoms with Crippen LogP contribution in [0.2, 0.25) is 0 Å². The lowest BCUT2D eigenvalue weighted by molar-refractivity contribution is -0.169. The number of benzene rings is 2. The van der Waals surface area contributed by atoms with Crippen molar-refractivity contribution in [3.05, 3.63) is 112 Å². The van der Waals surface area contributed by atoms with Crippen molar-refractivity contribution in [2.24, 2.45) is 22.7 Å². The third kappa shape index (κ3) is 9.91. The number of aromatic nitrogens is 3. The summed E-state index contributed by atoms with van der Waals surface area (Å²) in [5.41, 5.74) is 5.85. The molecular weight excluding hydrogens is 662 g/mol. The number of aliphatic hydroxyl groups is 1. The first kappa shape index (κ1) is 40.1. The summed E-state index contributed by atoms with van der Waals surface area (Å²) in [7, 11) is 0. The van der Waals surface area contributed by atoms with Crippen molar-refractivity contribution >= 4 is 11.9 Å². The van der Waals surface area contributed by atoms with E-state index in [2.05, 4.69) is 77.0 Å². The molecule has 1 aromatic heterocycles. The molecule has 5 rings (SSSR count). The predicted octanol–water partition coefficient (Wildman–Crippen LogP) is 11.4. The van der Waals surface area contributed by atoms with Crippen LogP contribution in [0.5, 0.6) is 5.75 Å². The van der Waals surface area contributed by atoms with E-state index in [1.54, 1.807) is 23.0 Å². The Labute approximate surface area is 316 Å². The summed E-state index contributed by atoms with van der Waals surface area (Å²) in [5.74, 6) is 0.865. The van der Waals surface area contributed by atoms with E-state index in [1.165, 1.54) is 28.9 Å². The highest BCUT2D eigenvalue weighted by molar-refractivity contribution is 6.04. The first-order valence-corrected chi connectivity index (χ1v) is 19.4. The third-order valence-electron chi connectivity index (χ3n) is 11.9. The Morgan fingerprint density at radius 1 is 0.925 bits per heavy atom. The van der Waals surface area contributed by atoms with Crippen LogP contribution < -0.4 is 4.74 Å². The van der Waals surface area contributed by atoms with Crippen molar-refractivity contribution in [2.75, 3.05) is 0 Å². The molecule has 6 nitrogen and oxygen atoms in total. The molecule has 53 heavy (non-hydrogen) atoms.